The summed E-state index contributed by atoms with van der Waals surface area (Å²) in [5.41, 5.74) is 1.16. The SMILES string of the molecule is O=C1NCCN(Cc2ncco2)c2nc(-n3c(=O)[nH]c4ncccc43)ccc21. The summed E-state index contributed by atoms with van der Waals surface area (Å²) < 4.78 is 6.78. The number of carbonyl (C=O) groups excluding carboxylic acids is 1. The summed E-state index contributed by atoms with van der Waals surface area (Å²) in [6.45, 7) is 1.35. The number of nitrogens with zero attached hydrogens (tertiary/aromatic N) is 5. The molecule has 0 aliphatic carbocycles. The lowest BCUT2D eigenvalue weighted by Crippen LogP contribution is -2.30. The number of oxazole rings is 1. The predicted molar refractivity (Wildman–Crippen MR) is 99.4 cm³/mol. The van der Waals surface area contributed by atoms with Crippen LogP contribution in [0.5, 0.6) is 0 Å². The number of hydrogen-bond donors (Lipinski definition) is 2. The lowest BCUT2D eigenvalue weighted by atomic mass is 10.2. The number of H-pyrrole nitrogens is 1. The first kappa shape index (κ1) is 16.2. The van der Waals surface area contributed by atoms with Crippen LogP contribution in [0.15, 0.2) is 52.1 Å². The van der Waals surface area contributed by atoms with Crippen LogP contribution >= 0.6 is 0 Å². The molecular formula is C18H15N7O3. The molecule has 0 aromatic carbocycles. The number of rotatable bonds is 3. The van der Waals surface area contributed by atoms with Gasteiger partial charge >= 0.3 is 5.69 Å². The molecule has 0 radical (unpaired) electrons. The molecule has 0 unspecified atom stereocenters. The van der Waals surface area contributed by atoms with Gasteiger partial charge in [-0.2, -0.15) is 0 Å². The van der Waals surface area contributed by atoms with Crippen LogP contribution in [0.2, 0.25) is 0 Å². The highest BCUT2D eigenvalue weighted by molar-refractivity contribution is 5.99. The van der Waals surface area contributed by atoms with Gasteiger partial charge in [-0.25, -0.2) is 24.3 Å². The molecule has 5 rings (SSSR count). The Morgan fingerprint density at radius 1 is 1.14 bits per heavy atom. The van der Waals surface area contributed by atoms with E-state index in [-0.39, 0.29) is 11.6 Å². The number of carbonyl (C=O) groups is 1. The fraction of sp³-hybridized carbons (Fsp3) is 0.167. The summed E-state index contributed by atoms with van der Waals surface area (Å²) in [7, 11) is 0. The van der Waals surface area contributed by atoms with Crippen molar-refractivity contribution in [2.24, 2.45) is 0 Å². The zero-order valence-electron chi connectivity index (χ0n) is 14.6. The van der Waals surface area contributed by atoms with E-state index in [1.54, 1.807) is 36.7 Å². The Bertz CT molecular complexity index is 1230. The molecule has 140 valence electrons. The van der Waals surface area contributed by atoms with E-state index in [1.165, 1.54) is 10.8 Å². The number of aromatic amines is 1. The molecule has 0 spiro atoms. The Morgan fingerprint density at radius 2 is 2.07 bits per heavy atom. The van der Waals surface area contributed by atoms with Crippen LogP contribution in [-0.4, -0.2) is 43.5 Å². The highest BCUT2D eigenvalue weighted by Gasteiger charge is 2.24. The molecule has 2 N–H and O–H groups in total. The van der Waals surface area contributed by atoms with Crippen molar-refractivity contribution in [3.05, 3.63) is 64.9 Å². The molecule has 10 heteroatoms. The van der Waals surface area contributed by atoms with Crippen LogP contribution in [0.25, 0.3) is 17.0 Å². The van der Waals surface area contributed by atoms with Gasteiger partial charge in [-0.15, -0.1) is 0 Å². The summed E-state index contributed by atoms with van der Waals surface area (Å²) in [4.78, 5) is 42.5. The fourth-order valence-electron chi connectivity index (χ4n) is 3.30. The monoisotopic (exact) mass is 377 g/mol. The van der Waals surface area contributed by atoms with Crippen LogP contribution in [0.1, 0.15) is 16.2 Å². The van der Waals surface area contributed by atoms with E-state index >= 15 is 0 Å². The van der Waals surface area contributed by atoms with E-state index in [0.29, 0.717) is 53.9 Å². The number of amides is 1. The third-order valence-corrected chi connectivity index (χ3v) is 4.57. The number of anilines is 1. The van der Waals surface area contributed by atoms with Crippen LogP contribution in [0.4, 0.5) is 5.82 Å². The number of aromatic nitrogens is 5. The molecule has 0 saturated heterocycles. The van der Waals surface area contributed by atoms with Crippen molar-refractivity contribution in [3.63, 3.8) is 0 Å². The number of fused-ring (bicyclic) bond motifs is 2. The van der Waals surface area contributed by atoms with Gasteiger partial charge in [0.1, 0.15) is 17.9 Å². The number of nitrogens with one attached hydrogen (secondary N) is 2. The van der Waals surface area contributed by atoms with Crippen molar-refractivity contribution in [2.75, 3.05) is 18.0 Å². The van der Waals surface area contributed by atoms with Crippen LogP contribution in [-0.2, 0) is 6.54 Å². The second-order valence-electron chi connectivity index (χ2n) is 6.28. The predicted octanol–water partition coefficient (Wildman–Crippen LogP) is 0.847. The summed E-state index contributed by atoms with van der Waals surface area (Å²) in [5.74, 6) is 1.17. The lowest BCUT2D eigenvalue weighted by molar-refractivity contribution is 0.0958. The van der Waals surface area contributed by atoms with E-state index in [9.17, 15) is 9.59 Å². The number of hydrogen-bond acceptors (Lipinski definition) is 7. The van der Waals surface area contributed by atoms with Gasteiger partial charge in [-0.05, 0) is 24.3 Å². The first-order chi connectivity index (χ1) is 13.7. The summed E-state index contributed by atoms with van der Waals surface area (Å²) >= 11 is 0. The molecular weight excluding hydrogens is 362 g/mol. The Kier molecular flexibility index (Phi) is 3.68. The van der Waals surface area contributed by atoms with E-state index in [0.717, 1.165) is 0 Å². The largest absolute Gasteiger partial charge is 0.447 e. The summed E-state index contributed by atoms with van der Waals surface area (Å²) in [5, 5.41) is 2.85. The third-order valence-electron chi connectivity index (χ3n) is 4.57. The first-order valence-corrected chi connectivity index (χ1v) is 8.69. The zero-order chi connectivity index (χ0) is 19.1. The summed E-state index contributed by atoms with van der Waals surface area (Å²) in [6.07, 6.45) is 4.68. The van der Waals surface area contributed by atoms with Crippen molar-refractivity contribution >= 4 is 22.9 Å². The smallest absolute Gasteiger partial charge is 0.333 e. The Balaban J connectivity index is 1.66. The lowest BCUT2D eigenvalue weighted by Gasteiger charge is -2.21. The Hall–Kier alpha value is -3.95. The van der Waals surface area contributed by atoms with Gasteiger partial charge in [0.25, 0.3) is 5.91 Å². The summed E-state index contributed by atoms with van der Waals surface area (Å²) in [6, 6.07) is 6.85. The van der Waals surface area contributed by atoms with Crippen LogP contribution in [0.3, 0.4) is 0 Å². The zero-order valence-corrected chi connectivity index (χ0v) is 14.6. The minimum absolute atomic E-state index is 0.211. The minimum Gasteiger partial charge on any atom is -0.447 e. The molecule has 1 amide bonds. The van der Waals surface area contributed by atoms with E-state index in [4.69, 9.17) is 4.42 Å². The van der Waals surface area contributed by atoms with E-state index < -0.39 is 0 Å². The number of pyridine rings is 2. The van der Waals surface area contributed by atoms with Gasteiger partial charge < -0.3 is 14.6 Å². The second kappa shape index (κ2) is 6.34. The van der Waals surface area contributed by atoms with E-state index in [1.807, 2.05) is 4.90 Å². The molecule has 5 heterocycles. The van der Waals surface area contributed by atoms with Crippen molar-refractivity contribution in [2.45, 2.75) is 6.54 Å². The molecule has 10 nitrogen and oxygen atoms in total. The molecule has 0 fully saturated rings. The Labute approximate surface area is 157 Å². The molecule has 0 bridgehead atoms. The molecule has 4 aromatic rings. The molecule has 1 aliphatic rings. The van der Waals surface area contributed by atoms with Crippen LogP contribution in [0, 0.1) is 0 Å². The van der Waals surface area contributed by atoms with Gasteiger partial charge in [0.2, 0.25) is 5.89 Å². The average molecular weight is 377 g/mol. The van der Waals surface area contributed by atoms with Gasteiger partial charge in [-0.1, -0.05) is 0 Å². The van der Waals surface area contributed by atoms with Crippen molar-refractivity contribution in [3.8, 4) is 5.82 Å². The van der Waals surface area contributed by atoms with Crippen molar-refractivity contribution < 1.29 is 9.21 Å². The van der Waals surface area contributed by atoms with Crippen LogP contribution < -0.4 is 15.9 Å². The average Bonchev–Trinajstić information content (AvgIpc) is 3.29. The fourth-order valence-corrected chi connectivity index (χ4v) is 3.30. The standard InChI is InChI=1S/C18H15N7O3/c26-17-11-3-4-13(25-12-2-1-5-20-15(12)23-18(25)27)22-16(11)24(8-6-21-17)10-14-19-7-9-28-14/h1-5,7,9H,6,8,10H2,(H,21,26)(H,20,23,27). The van der Waals surface area contributed by atoms with Crippen molar-refractivity contribution in [1.29, 1.82) is 0 Å². The maximum Gasteiger partial charge on any atom is 0.333 e. The Morgan fingerprint density at radius 3 is 2.93 bits per heavy atom. The van der Waals surface area contributed by atoms with Gasteiger partial charge in [0, 0.05) is 19.3 Å². The highest BCUT2D eigenvalue weighted by Crippen LogP contribution is 2.24. The molecule has 4 aromatic heterocycles. The minimum atomic E-state index is -0.349. The van der Waals surface area contributed by atoms with Gasteiger partial charge in [0.05, 0.1) is 23.8 Å². The topological polar surface area (TPSA) is 122 Å². The quantitative estimate of drug-likeness (QED) is 0.543. The van der Waals surface area contributed by atoms with Gasteiger partial charge in [0.15, 0.2) is 5.65 Å². The number of imidazole rings is 1. The molecule has 0 atom stereocenters. The van der Waals surface area contributed by atoms with E-state index in [2.05, 4.69) is 25.3 Å². The first-order valence-electron chi connectivity index (χ1n) is 8.69. The molecule has 0 saturated carbocycles. The third kappa shape index (κ3) is 2.62. The van der Waals surface area contributed by atoms with Gasteiger partial charge in [-0.3, -0.25) is 9.78 Å². The maximum absolute atomic E-state index is 12.5. The normalized spacial score (nSPS) is 14.0. The highest BCUT2D eigenvalue weighted by atomic mass is 16.3. The second-order valence-corrected chi connectivity index (χ2v) is 6.28. The molecule has 28 heavy (non-hydrogen) atoms. The molecule has 1 aliphatic heterocycles. The van der Waals surface area contributed by atoms with Crippen molar-refractivity contribution in [1.82, 2.24) is 29.8 Å². The maximum atomic E-state index is 12.5.